The normalized spacial score (nSPS) is 34.4. The lowest BCUT2D eigenvalue weighted by Crippen LogP contribution is -2.26. The zero-order valence-electron chi connectivity index (χ0n) is 14.4. The highest BCUT2D eigenvalue weighted by Crippen LogP contribution is 2.41. The van der Waals surface area contributed by atoms with E-state index in [2.05, 4.69) is 19.1 Å². The van der Waals surface area contributed by atoms with Crippen LogP contribution in [0.3, 0.4) is 0 Å². The summed E-state index contributed by atoms with van der Waals surface area (Å²) in [7, 11) is 1.85. The Labute approximate surface area is 132 Å². The molecule has 1 nitrogen and oxygen atoms in total. The maximum absolute atomic E-state index is 5.32. The maximum Gasteiger partial charge on any atom is 0.0490 e. The third-order valence-corrected chi connectivity index (χ3v) is 5.91. The SMILES string of the molecule is CCCCC=CC1CCC(C2CCC(COC)CC2)CC1. The van der Waals surface area contributed by atoms with Crippen LogP contribution < -0.4 is 0 Å². The second kappa shape index (κ2) is 9.66. The third kappa shape index (κ3) is 5.77. The van der Waals surface area contributed by atoms with Crippen LogP contribution in [-0.2, 0) is 4.74 Å². The molecule has 0 amide bonds. The molecule has 2 aliphatic rings. The molecule has 0 aliphatic heterocycles. The summed E-state index contributed by atoms with van der Waals surface area (Å²) in [5.74, 6) is 3.81. The molecule has 2 rings (SSSR count). The summed E-state index contributed by atoms with van der Waals surface area (Å²) in [5, 5.41) is 0. The molecule has 0 spiro atoms. The Morgan fingerprint density at radius 3 is 2.10 bits per heavy atom. The van der Waals surface area contributed by atoms with Gasteiger partial charge < -0.3 is 4.74 Å². The monoisotopic (exact) mass is 292 g/mol. The van der Waals surface area contributed by atoms with Crippen LogP contribution in [0.1, 0.15) is 77.6 Å². The van der Waals surface area contributed by atoms with Crippen LogP contribution in [0.5, 0.6) is 0 Å². The highest BCUT2D eigenvalue weighted by Gasteiger charge is 2.30. The van der Waals surface area contributed by atoms with Crippen molar-refractivity contribution >= 4 is 0 Å². The highest BCUT2D eigenvalue weighted by molar-refractivity contribution is 4.92. The molecule has 0 radical (unpaired) electrons. The molecule has 0 aromatic carbocycles. The first-order chi connectivity index (χ1) is 10.3. The van der Waals surface area contributed by atoms with Crippen molar-refractivity contribution in [3.63, 3.8) is 0 Å². The van der Waals surface area contributed by atoms with Gasteiger partial charge in [0.2, 0.25) is 0 Å². The molecule has 0 saturated heterocycles. The van der Waals surface area contributed by atoms with E-state index in [9.17, 15) is 0 Å². The Morgan fingerprint density at radius 1 is 0.905 bits per heavy atom. The summed E-state index contributed by atoms with van der Waals surface area (Å²) in [5.41, 5.74) is 0. The minimum absolute atomic E-state index is 0.851. The lowest BCUT2D eigenvalue weighted by atomic mass is 9.69. The van der Waals surface area contributed by atoms with Crippen LogP contribution in [0.25, 0.3) is 0 Å². The third-order valence-electron chi connectivity index (χ3n) is 5.91. The van der Waals surface area contributed by atoms with Crippen molar-refractivity contribution < 1.29 is 4.74 Å². The number of hydrogen-bond acceptors (Lipinski definition) is 1. The molecule has 122 valence electrons. The largest absolute Gasteiger partial charge is 0.384 e. The van der Waals surface area contributed by atoms with Gasteiger partial charge in [-0.3, -0.25) is 0 Å². The van der Waals surface area contributed by atoms with E-state index in [0.717, 1.165) is 30.3 Å². The van der Waals surface area contributed by atoms with Gasteiger partial charge in [0, 0.05) is 13.7 Å². The quantitative estimate of drug-likeness (QED) is 0.413. The average Bonchev–Trinajstić information content (AvgIpc) is 2.53. The topological polar surface area (TPSA) is 9.23 Å². The highest BCUT2D eigenvalue weighted by atomic mass is 16.5. The predicted molar refractivity (Wildman–Crippen MR) is 91.4 cm³/mol. The fourth-order valence-corrected chi connectivity index (χ4v) is 4.48. The molecule has 0 atom stereocenters. The van der Waals surface area contributed by atoms with Crippen molar-refractivity contribution in [2.75, 3.05) is 13.7 Å². The first kappa shape index (κ1) is 17.1. The number of ether oxygens (including phenoxy) is 1. The van der Waals surface area contributed by atoms with Crippen LogP contribution in [0.15, 0.2) is 12.2 Å². The Kier molecular flexibility index (Phi) is 7.85. The molecule has 2 fully saturated rings. The predicted octanol–water partition coefficient (Wildman–Crippen LogP) is 5.99. The molecule has 0 aromatic heterocycles. The zero-order chi connectivity index (χ0) is 14.9. The smallest absolute Gasteiger partial charge is 0.0490 e. The molecule has 0 unspecified atom stereocenters. The molecule has 0 aromatic rings. The van der Waals surface area contributed by atoms with Crippen LogP contribution in [0.2, 0.25) is 0 Å². The van der Waals surface area contributed by atoms with Gasteiger partial charge in [0.05, 0.1) is 0 Å². The summed E-state index contributed by atoms with van der Waals surface area (Å²) < 4.78 is 5.32. The molecule has 21 heavy (non-hydrogen) atoms. The summed E-state index contributed by atoms with van der Waals surface area (Å²) in [6, 6.07) is 0. The molecular formula is C20H36O. The Balaban J connectivity index is 1.64. The average molecular weight is 293 g/mol. The fourth-order valence-electron chi connectivity index (χ4n) is 4.48. The van der Waals surface area contributed by atoms with Crippen LogP contribution in [-0.4, -0.2) is 13.7 Å². The minimum atomic E-state index is 0.851. The molecule has 2 aliphatic carbocycles. The van der Waals surface area contributed by atoms with E-state index in [4.69, 9.17) is 4.74 Å². The van der Waals surface area contributed by atoms with E-state index in [-0.39, 0.29) is 0 Å². The second-order valence-electron chi connectivity index (χ2n) is 7.48. The van der Waals surface area contributed by atoms with Gasteiger partial charge in [-0.2, -0.15) is 0 Å². The summed E-state index contributed by atoms with van der Waals surface area (Å²) in [6.07, 6.45) is 20.6. The molecule has 2 saturated carbocycles. The Morgan fingerprint density at radius 2 is 1.52 bits per heavy atom. The summed E-state index contributed by atoms with van der Waals surface area (Å²) >= 11 is 0. The van der Waals surface area contributed by atoms with Crippen LogP contribution in [0.4, 0.5) is 0 Å². The van der Waals surface area contributed by atoms with E-state index in [0.29, 0.717) is 0 Å². The molecule has 0 bridgehead atoms. The van der Waals surface area contributed by atoms with Gasteiger partial charge >= 0.3 is 0 Å². The van der Waals surface area contributed by atoms with Crippen LogP contribution in [0, 0.1) is 23.7 Å². The van der Waals surface area contributed by atoms with Gasteiger partial charge in [-0.25, -0.2) is 0 Å². The molecule has 0 N–H and O–H groups in total. The molecule has 1 heteroatoms. The van der Waals surface area contributed by atoms with Gasteiger partial charge in [0.1, 0.15) is 0 Å². The van der Waals surface area contributed by atoms with Crippen molar-refractivity contribution in [2.24, 2.45) is 23.7 Å². The standard InChI is InChI=1S/C20H36O/c1-3-4-5-6-7-17-8-12-19(13-9-17)20-14-10-18(11-15-20)16-21-2/h6-7,17-20H,3-5,8-16H2,1-2H3. The molecular weight excluding hydrogens is 256 g/mol. The number of rotatable bonds is 7. The maximum atomic E-state index is 5.32. The first-order valence-corrected chi connectivity index (χ1v) is 9.49. The van der Waals surface area contributed by atoms with Crippen molar-refractivity contribution in [3.05, 3.63) is 12.2 Å². The van der Waals surface area contributed by atoms with Gasteiger partial charge in [-0.1, -0.05) is 31.9 Å². The Hall–Kier alpha value is -0.300. The number of unbranched alkanes of at least 4 members (excludes halogenated alkanes) is 2. The van der Waals surface area contributed by atoms with Crippen molar-refractivity contribution in [1.82, 2.24) is 0 Å². The zero-order valence-corrected chi connectivity index (χ0v) is 14.4. The van der Waals surface area contributed by atoms with Gasteiger partial charge in [-0.15, -0.1) is 0 Å². The molecule has 0 heterocycles. The number of methoxy groups -OCH3 is 1. The second-order valence-corrected chi connectivity index (χ2v) is 7.48. The first-order valence-electron chi connectivity index (χ1n) is 9.49. The lowest BCUT2D eigenvalue weighted by molar-refractivity contribution is 0.0957. The fraction of sp³-hybridized carbons (Fsp3) is 0.900. The Bertz CT molecular complexity index is 280. The summed E-state index contributed by atoms with van der Waals surface area (Å²) in [6.45, 7) is 3.27. The van der Waals surface area contributed by atoms with Crippen molar-refractivity contribution in [3.8, 4) is 0 Å². The van der Waals surface area contributed by atoms with Crippen LogP contribution >= 0.6 is 0 Å². The van der Waals surface area contributed by atoms with E-state index >= 15 is 0 Å². The summed E-state index contributed by atoms with van der Waals surface area (Å²) in [4.78, 5) is 0. The van der Waals surface area contributed by atoms with E-state index in [1.54, 1.807) is 0 Å². The van der Waals surface area contributed by atoms with Crippen molar-refractivity contribution in [1.29, 1.82) is 0 Å². The van der Waals surface area contributed by atoms with E-state index in [1.165, 1.54) is 70.6 Å². The van der Waals surface area contributed by atoms with Gasteiger partial charge in [0.15, 0.2) is 0 Å². The van der Waals surface area contributed by atoms with Gasteiger partial charge in [0.25, 0.3) is 0 Å². The number of allylic oxidation sites excluding steroid dienone is 2. The van der Waals surface area contributed by atoms with Gasteiger partial charge in [-0.05, 0) is 81.5 Å². The van der Waals surface area contributed by atoms with E-state index < -0.39 is 0 Å². The van der Waals surface area contributed by atoms with E-state index in [1.807, 2.05) is 7.11 Å². The lowest BCUT2D eigenvalue weighted by Gasteiger charge is -2.37. The minimum Gasteiger partial charge on any atom is -0.384 e. The number of hydrogen-bond donors (Lipinski definition) is 0. The van der Waals surface area contributed by atoms with Crippen molar-refractivity contribution in [2.45, 2.75) is 77.6 Å².